The highest BCUT2D eigenvalue weighted by Gasteiger charge is 2.12. The van der Waals surface area contributed by atoms with Crippen molar-refractivity contribution in [2.45, 2.75) is 13.5 Å². The van der Waals surface area contributed by atoms with Crippen molar-refractivity contribution in [3.8, 4) is 0 Å². The van der Waals surface area contributed by atoms with Crippen LogP contribution in [0.15, 0.2) is 29.1 Å². The molecule has 0 aliphatic carbocycles. The zero-order valence-electron chi connectivity index (χ0n) is 11.3. The molecule has 8 heteroatoms. The largest absolute Gasteiger partial charge is 0.460 e. The molecule has 0 aliphatic rings. The van der Waals surface area contributed by atoms with Gasteiger partial charge in [-0.3, -0.25) is 5.10 Å². The van der Waals surface area contributed by atoms with Crippen LogP contribution < -0.4 is 5.32 Å². The summed E-state index contributed by atoms with van der Waals surface area (Å²) >= 11 is 0. The van der Waals surface area contributed by atoms with Crippen molar-refractivity contribution in [1.82, 2.24) is 20.2 Å². The number of anilines is 1. The second kappa shape index (κ2) is 5.61. The molecule has 3 aromatic rings. The number of nitrogens with one attached hydrogen (secondary N) is 2. The molecule has 21 heavy (non-hydrogen) atoms. The van der Waals surface area contributed by atoms with Crippen LogP contribution in [0, 0.1) is 0 Å². The molecule has 3 heterocycles. The Morgan fingerprint density at radius 3 is 3.19 bits per heavy atom. The van der Waals surface area contributed by atoms with Crippen LogP contribution in [0.1, 0.15) is 23.2 Å². The van der Waals surface area contributed by atoms with E-state index in [0.29, 0.717) is 30.4 Å². The second-order valence-corrected chi connectivity index (χ2v) is 4.19. The van der Waals surface area contributed by atoms with Crippen LogP contribution in [0.25, 0.3) is 11.0 Å². The van der Waals surface area contributed by atoms with E-state index in [1.807, 2.05) is 0 Å². The Bertz CT molecular complexity index is 764. The summed E-state index contributed by atoms with van der Waals surface area (Å²) in [5.41, 5.74) is 0.652. The Kier molecular flexibility index (Phi) is 3.50. The van der Waals surface area contributed by atoms with Crippen molar-refractivity contribution < 1.29 is 13.9 Å². The minimum Gasteiger partial charge on any atom is -0.460 e. The minimum atomic E-state index is -0.469. The molecule has 0 bridgehead atoms. The fourth-order valence-electron chi connectivity index (χ4n) is 1.86. The molecule has 2 N–H and O–H groups in total. The first-order valence-electron chi connectivity index (χ1n) is 6.41. The predicted molar refractivity (Wildman–Crippen MR) is 73.7 cm³/mol. The monoisotopic (exact) mass is 287 g/mol. The standard InChI is InChI=1S/C13H13N5O3/c1-2-20-13(19)10-4-3-8(21-10)5-14-11-9-6-17-18-12(9)16-7-15-11/h3-4,6-7H,2,5H2,1H3,(H2,14,15,16,17,18). The summed E-state index contributed by atoms with van der Waals surface area (Å²) in [5.74, 6) is 0.962. The molecule has 0 unspecified atom stereocenters. The Balaban J connectivity index is 1.70. The quantitative estimate of drug-likeness (QED) is 0.688. The predicted octanol–water partition coefficient (Wildman–Crippen LogP) is 1.73. The highest BCUT2D eigenvalue weighted by molar-refractivity contribution is 5.86. The van der Waals surface area contributed by atoms with E-state index in [9.17, 15) is 4.79 Å². The molecule has 0 aliphatic heterocycles. The van der Waals surface area contributed by atoms with E-state index in [1.165, 1.54) is 6.33 Å². The van der Waals surface area contributed by atoms with Crippen molar-refractivity contribution in [3.05, 3.63) is 36.2 Å². The van der Waals surface area contributed by atoms with Crippen LogP contribution in [-0.4, -0.2) is 32.7 Å². The molecular formula is C13H13N5O3. The number of hydrogen-bond acceptors (Lipinski definition) is 7. The third-order valence-electron chi connectivity index (χ3n) is 2.82. The van der Waals surface area contributed by atoms with Gasteiger partial charge in [0.15, 0.2) is 5.65 Å². The van der Waals surface area contributed by atoms with Crippen molar-refractivity contribution in [2.75, 3.05) is 11.9 Å². The van der Waals surface area contributed by atoms with Crippen molar-refractivity contribution in [3.63, 3.8) is 0 Å². The lowest BCUT2D eigenvalue weighted by Gasteiger charge is -2.03. The average Bonchev–Trinajstić information content (AvgIpc) is 3.14. The Labute approximate surface area is 119 Å². The first-order chi connectivity index (χ1) is 10.3. The minimum absolute atomic E-state index is 0.185. The van der Waals surface area contributed by atoms with E-state index in [0.717, 1.165) is 5.39 Å². The molecule has 0 radical (unpaired) electrons. The number of aromatic nitrogens is 4. The molecule has 8 nitrogen and oxygen atoms in total. The topological polar surface area (TPSA) is 106 Å². The molecule has 0 amide bonds. The van der Waals surface area contributed by atoms with Crippen LogP contribution in [0.2, 0.25) is 0 Å². The Hall–Kier alpha value is -2.90. The first-order valence-corrected chi connectivity index (χ1v) is 6.41. The van der Waals surface area contributed by atoms with Gasteiger partial charge in [-0.2, -0.15) is 5.10 Å². The maximum atomic E-state index is 11.5. The van der Waals surface area contributed by atoms with Gasteiger partial charge in [0.1, 0.15) is 17.9 Å². The third-order valence-corrected chi connectivity index (χ3v) is 2.82. The van der Waals surface area contributed by atoms with Gasteiger partial charge in [0.25, 0.3) is 0 Å². The summed E-state index contributed by atoms with van der Waals surface area (Å²) in [6, 6.07) is 3.30. The van der Waals surface area contributed by atoms with Gasteiger partial charge in [0.05, 0.1) is 24.7 Å². The van der Waals surface area contributed by atoms with E-state index in [4.69, 9.17) is 9.15 Å². The van der Waals surface area contributed by atoms with Crippen molar-refractivity contribution in [1.29, 1.82) is 0 Å². The molecule has 0 saturated heterocycles. The molecule has 3 rings (SSSR count). The number of nitrogens with zero attached hydrogens (tertiary/aromatic N) is 3. The fraction of sp³-hybridized carbons (Fsp3) is 0.231. The molecule has 0 aromatic carbocycles. The van der Waals surface area contributed by atoms with Crippen LogP contribution in [-0.2, 0) is 11.3 Å². The van der Waals surface area contributed by atoms with E-state index >= 15 is 0 Å². The SMILES string of the molecule is CCOC(=O)c1ccc(CNc2ncnc3[nH]ncc23)o1. The van der Waals surface area contributed by atoms with Gasteiger partial charge < -0.3 is 14.5 Å². The maximum absolute atomic E-state index is 11.5. The molecule has 108 valence electrons. The van der Waals surface area contributed by atoms with Gasteiger partial charge in [-0.15, -0.1) is 0 Å². The van der Waals surface area contributed by atoms with E-state index in [-0.39, 0.29) is 5.76 Å². The lowest BCUT2D eigenvalue weighted by molar-refractivity contribution is 0.0488. The summed E-state index contributed by atoms with van der Waals surface area (Å²) < 4.78 is 10.3. The highest BCUT2D eigenvalue weighted by Crippen LogP contribution is 2.17. The summed E-state index contributed by atoms with van der Waals surface area (Å²) in [4.78, 5) is 19.7. The van der Waals surface area contributed by atoms with Gasteiger partial charge >= 0.3 is 5.97 Å². The zero-order valence-corrected chi connectivity index (χ0v) is 11.3. The molecule has 0 spiro atoms. The molecule has 0 atom stereocenters. The Morgan fingerprint density at radius 2 is 2.33 bits per heavy atom. The van der Waals surface area contributed by atoms with Crippen LogP contribution in [0.3, 0.4) is 0 Å². The summed E-state index contributed by atoms with van der Waals surface area (Å²) in [6.45, 7) is 2.44. The number of aromatic amines is 1. The van der Waals surface area contributed by atoms with Gasteiger partial charge in [-0.1, -0.05) is 0 Å². The van der Waals surface area contributed by atoms with Crippen LogP contribution >= 0.6 is 0 Å². The number of furan rings is 1. The smallest absolute Gasteiger partial charge is 0.374 e. The zero-order chi connectivity index (χ0) is 14.7. The number of esters is 1. The van der Waals surface area contributed by atoms with Crippen LogP contribution in [0.5, 0.6) is 0 Å². The average molecular weight is 287 g/mol. The second-order valence-electron chi connectivity index (χ2n) is 4.19. The number of fused-ring (bicyclic) bond motifs is 1. The van der Waals surface area contributed by atoms with Crippen LogP contribution in [0.4, 0.5) is 5.82 Å². The van der Waals surface area contributed by atoms with Gasteiger partial charge in [-0.25, -0.2) is 14.8 Å². The molecular weight excluding hydrogens is 274 g/mol. The number of hydrogen-bond donors (Lipinski definition) is 2. The van der Waals surface area contributed by atoms with Crippen molar-refractivity contribution in [2.24, 2.45) is 0 Å². The lowest BCUT2D eigenvalue weighted by atomic mass is 10.3. The molecule has 0 fully saturated rings. The number of H-pyrrole nitrogens is 1. The number of ether oxygens (including phenoxy) is 1. The fourth-order valence-corrected chi connectivity index (χ4v) is 1.86. The first kappa shape index (κ1) is 13.1. The summed E-state index contributed by atoms with van der Waals surface area (Å²) in [6.07, 6.45) is 3.08. The van der Waals surface area contributed by atoms with Gasteiger partial charge in [0, 0.05) is 0 Å². The van der Waals surface area contributed by atoms with E-state index in [2.05, 4.69) is 25.5 Å². The number of rotatable bonds is 5. The summed E-state index contributed by atoms with van der Waals surface area (Å²) in [5, 5.41) is 10.6. The van der Waals surface area contributed by atoms with Gasteiger partial charge in [-0.05, 0) is 19.1 Å². The Morgan fingerprint density at radius 1 is 1.43 bits per heavy atom. The molecule has 0 saturated carbocycles. The number of carbonyl (C=O) groups is 1. The van der Waals surface area contributed by atoms with E-state index in [1.54, 1.807) is 25.3 Å². The lowest BCUT2D eigenvalue weighted by Crippen LogP contribution is -2.03. The van der Waals surface area contributed by atoms with Crippen molar-refractivity contribution >= 4 is 22.8 Å². The molecule has 3 aromatic heterocycles. The summed E-state index contributed by atoms with van der Waals surface area (Å²) in [7, 11) is 0. The highest BCUT2D eigenvalue weighted by atomic mass is 16.5. The normalized spacial score (nSPS) is 10.7. The number of carbonyl (C=O) groups excluding carboxylic acids is 1. The van der Waals surface area contributed by atoms with Gasteiger partial charge in [0.2, 0.25) is 5.76 Å². The third kappa shape index (κ3) is 2.69. The maximum Gasteiger partial charge on any atom is 0.374 e. The van der Waals surface area contributed by atoms with E-state index < -0.39 is 5.97 Å².